The number of carbonyl (C=O) groups excluding carboxylic acids is 1. The molecule has 0 aromatic heterocycles. The minimum absolute atomic E-state index is 0.0653. The van der Waals surface area contributed by atoms with E-state index in [0.29, 0.717) is 24.9 Å². The van der Waals surface area contributed by atoms with Crippen LogP contribution < -0.4 is 4.74 Å². The Morgan fingerprint density at radius 1 is 1.16 bits per heavy atom. The molecule has 0 radical (unpaired) electrons. The van der Waals surface area contributed by atoms with Gasteiger partial charge in [-0.15, -0.1) is 0 Å². The summed E-state index contributed by atoms with van der Waals surface area (Å²) in [5.41, 5.74) is -0.0677. The van der Waals surface area contributed by atoms with Gasteiger partial charge in [0.1, 0.15) is 5.75 Å². The van der Waals surface area contributed by atoms with Gasteiger partial charge in [0.15, 0.2) is 9.84 Å². The topological polar surface area (TPSA) is 63.7 Å². The molecule has 31 heavy (non-hydrogen) atoms. The van der Waals surface area contributed by atoms with Crippen molar-refractivity contribution in [2.75, 3.05) is 13.7 Å². The maximum absolute atomic E-state index is 12.9. The van der Waals surface area contributed by atoms with Gasteiger partial charge >= 0.3 is 6.18 Å². The maximum atomic E-state index is 12.9. The van der Waals surface area contributed by atoms with Gasteiger partial charge < -0.3 is 9.64 Å². The Morgan fingerprint density at radius 2 is 1.84 bits per heavy atom. The molecule has 2 unspecified atom stereocenters. The Kier molecular flexibility index (Phi) is 6.64. The fourth-order valence-corrected chi connectivity index (χ4v) is 5.34. The number of methoxy groups -OCH3 is 1. The number of halogens is 3. The van der Waals surface area contributed by atoms with E-state index < -0.39 is 26.8 Å². The summed E-state index contributed by atoms with van der Waals surface area (Å²) in [5.74, 6) is 0.466. The molecular formula is C22H24F3NO4S. The minimum Gasteiger partial charge on any atom is -0.497 e. The summed E-state index contributed by atoms with van der Waals surface area (Å²) in [4.78, 5) is 13.7. The molecule has 0 aliphatic carbocycles. The SMILES string of the molecule is COc1ccc(CN2CC(CC(C)S(=O)(=O)c3cccc(C(F)(F)F)c3)CC2=O)cc1. The zero-order valence-electron chi connectivity index (χ0n) is 17.2. The number of sulfone groups is 1. The van der Waals surface area contributed by atoms with Gasteiger partial charge in [-0.2, -0.15) is 13.2 Å². The number of amides is 1. The molecule has 1 heterocycles. The van der Waals surface area contributed by atoms with Gasteiger partial charge in [-0.1, -0.05) is 18.2 Å². The van der Waals surface area contributed by atoms with Crippen molar-refractivity contribution >= 4 is 15.7 Å². The Hall–Kier alpha value is -2.55. The molecule has 2 atom stereocenters. The van der Waals surface area contributed by atoms with E-state index in [4.69, 9.17) is 4.74 Å². The van der Waals surface area contributed by atoms with Gasteiger partial charge in [0, 0.05) is 19.5 Å². The Labute approximate surface area is 179 Å². The summed E-state index contributed by atoms with van der Waals surface area (Å²) in [7, 11) is -2.39. The smallest absolute Gasteiger partial charge is 0.416 e. The van der Waals surface area contributed by atoms with Crippen molar-refractivity contribution in [2.24, 2.45) is 5.92 Å². The third-order valence-electron chi connectivity index (χ3n) is 5.51. The van der Waals surface area contributed by atoms with E-state index in [-0.39, 0.29) is 29.6 Å². The van der Waals surface area contributed by atoms with E-state index in [0.717, 1.165) is 17.7 Å². The molecule has 0 saturated carbocycles. The summed E-state index contributed by atoms with van der Waals surface area (Å²) < 4.78 is 69.6. The fraction of sp³-hybridized carbons (Fsp3) is 0.409. The number of hydrogen-bond donors (Lipinski definition) is 0. The average molecular weight is 455 g/mol. The van der Waals surface area contributed by atoms with Crippen molar-refractivity contribution in [1.82, 2.24) is 4.90 Å². The van der Waals surface area contributed by atoms with E-state index in [9.17, 15) is 26.4 Å². The number of hydrogen-bond acceptors (Lipinski definition) is 4. The first-order chi connectivity index (χ1) is 14.5. The highest BCUT2D eigenvalue weighted by molar-refractivity contribution is 7.92. The number of rotatable bonds is 7. The number of alkyl halides is 3. The molecular weight excluding hydrogens is 431 g/mol. The van der Waals surface area contributed by atoms with Crippen molar-refractivity contribution in [2.45, 2.75) is 42.6 Å². The molecule has 0 spiro atoms. The van der Waals surface area contributed by atoms with Gasteiger partial charge in [0.2, 0.25) is 5.91 Å². The third kappa shape index (κ3) is 5.39. The first-order valence-electron chi connectivity index (χ1n) is 9.82. The van der Waals surface area contributed by atoms with E-state index in [1.165, 1.54) is 13.0 Å². The molecule has 2 aromatic rings. The van der Waals surface area contributed by atoms with Crippen LogP contribution in [0.15, 0.2) is 53.4 Å². The van der Waals surface area contributed by atoms with Crippen LogP contribution in [0, 0.1) is 5.92 Å². The maximum Gasteiger partial charge on any atom is 0.416 e. The van der Waals surface area contributed by atoms with Gasteiger partial charge in [0.05, 0.1) is 22.8 Å². The van der Waals surface area contributed by atoms with Crippen LogP contribution in [0.5, 0.6) is 5.75 Å². The summed E-state index contributed by atoms with van der Waals surface area (Å²) in [6.07, 6.45) is -4.20. The number of likely N-dealkylation sites (tertiary alicyclic amines) is 1. The molecule has 0 N–H and O–H groups in total. The van der Waals surface area contributed by atoms with Crippen molar-refractivity contribution in [1.29, 1.82) is 0 Å². The number of carbonyl (C=O) groups is 1. The number of nitrogens with zero attached hydrogens (tertiary/aromatic N) is 1. The van der Waals surface area contributed by atoms with Crippen molar-refractivity contribution < 1.29 is 31.1 Å². The third-order valence-corrected chi connectivity index (χ3v) is 7.67. The lowest BCUT2D eigenvalue weighted by Crippen LogP contribution is -2.26. The lowest BCUT2D eigenvalue weighted by molar-refractivity contribution is -0.137. The largest absolute Gasteiger partial charge is 0.497 e. The van der Waals surface area contributed by atoms with Crippen LogP contribution in [-0.4, -0.2) is 38.1 Å². The highest BCUT2D eigenvalue weighted by Gasteiger charge is 2.36. The molecule has 9 heteroatoms. The minimum atomic E-state index is -4.62. The molecule has 1 aliphatic heterocycles. The van der Waals surface area contributed by atoms with Crippen LogP contribution in [0.3, 0.4) is 0 Å². The standard InChI is InChI=1S/C22H24F3NO4S/c1-15(31(28,29)20-5-3-4-18(12-20)22(23,24)25)10-17-11-21(27)26(14-17)13-16-6-8-19(30-2)9-7-16/h3-9,12,15,17H,10-11,13-14H2,1-2H3. The summed E-state index contributed by atoms with van der Waals surface area (Å²) in [5, 5.41) is -0.908. The zero-order valence-corrected chi connectivity index (χ0v) is 18.0. The van der Waals surface area contributed by atoms with Gasteiger partial charge in [0.25, 0.3) is 0 Å². The van der Waals surface area contributed by atoms with Crippen molar-refractivity contribution in [3.8, 4) is 5.75 Å². The van der Waals surface area contributed by atoms with E-state index >= 15 is 0 Å². The number of ether oxygens (including phenoxy) is 1. The quantitative estimate of drug-likeness (QED) is 0.624. The normalized spacial score (nSPS) is 18.3. The molecule has 1 fully saturated rings. The molecule has 1 saturated heterocycles. The second-order valence-corrected chi connectivity index (χ2v) is 10.2. The van der Waals surface area contributed by atoms with Crippen LogP contribution >= 0.6 is 0 Å². The molecule has 3 rings (SSSR count). The molecule has 5 nitrogen and oxygen atoms in total. The van der Waals surface area contributed by atoms with Crippen LogP contribution in [0.4, 0.5) is 13.2 Å². The van der Waals surface area contributed by atoms with Crippen molar-refractivity contribution in [3.63, 3.8) is 0 Å². The van der Waals surface area contributed by atoms with E-state index in [1.54, 1.807) is 24.1 Å². The van der Waals surface area contributed by atoms with Gasteiger partial charge in [-0.25, -0.2) is 8.42 Å². The second-order valence-electron chi connectivity index (χ2n) is 7.81. The van der Waals surface area contributed by atoms with Crippen molar-refractivity contribution in [3.05, 3.63) is 59.7 Å². The average Bonchev–Trinajstić information content (AvgIpc) is 3.06. The van der Waals surface area contributed by atoms with Crippen LogP contribution in [0.25, 0.3) is 0 Å². The van der Waals surface area contributed by atoms with Crippen LogP contribution in [0.1, 0.15) is 30.9 Å². The molecule has 1 aliphatic rings. The lowest BCUT2D eigenvalue weighted by Gasteiger charge is -2.19. The van der Waals surface area contributed by atoms with E-state index in [2.05, 4.69) is 0 Å². The Morgan fingerprint density at radius 3 is 2.45 bits per heavy atom. The van der Waals surface area contributed by atoms with E-state index in [1.807, 2.05) is 12.1 Å². The predicted octanol–water partition coefficient (Wildman–Crippen LogP) is 4.32. The zero-order chi connectivity index (χ0) is 22.8. The van der Waals surface area contributed by atoms with Gasteiger partial charge in [-0.05, 0) is 55.2 Å². The molecule has 2 aromatic carbocycles. The van der Waals surface area contributed by atoms with Crippen LogP contribution in [-0.2, 0) is 27.4 Å². The van der Waals surface area contributed by atoms with Gasteiger partial charge in [-0.3, -0.25) is 4.79 Å². The van der Waals surface area contributed by atoms with Crippen LogP contribution in [0.2, 0.25) is 0 Å². The number of benzene rings is 2. The monoisotopic (exact) mass is 455 g/mol. The summed E-state index contributed by atoms with van der Waals surface area (Å²) >= 11 is 0. The highest BCUT2D eigenvalue weighted by atomic mass is 32.2. The first-order valence-corrected chi connectivity index (χ1v) is 11.4. The Balaban J connectivity index is 1.66. The summed E-state index contributed by atoms with van der Waals surface area (Å²) in [6.45, 7) is 2.30. The predicted molar refractivity (Wildman–Crippen MR) is 109 cm³/mol. The molecule has 1 amide bonds. The molecule has 168 valence electrons. The Bertz CT molecular complexity index is 1040. The highest BCUT2D eigenvalue weighted by Crippen LogP contribution is 2.33. The second kappa shape index (κ2) is 8.90. The fourth-order valence-electron chi connectivity index (χ4n) is 3.79. The first kappa shape index (κ1) is 23.1. The molecule has 0 bridgehead atoms. The summed E-state index contributed by atoms with van der Waals surface area (Å²) in [6, 6.07) is 11.1. The lowest BCUT2D eigenvalue weighted by atomic mass is 10.0.